The number of likely N-dealkylation sites (tertiary alicyclic amines) is 1. The quantitative estimate of drug-likeness (QED) is 0.302. The first-order valence-corrected chi connectivity index (χ1v) is 11.7. The Morgan fingerprint density at radius 3 is 2.84 bits per heavy atom. The molecule has 2 unspecified atom stereocenters. The largest absolute Gasteiger partial charge is 0.465 e. The van der Waals surface area contributed by atoms with E-state index in [4.69, 9.17) is 4.74 Å². The predicted molar refractivity (Wildman–Crippen MR) is 130 cm³/mol. The summed E-state index contributed by atoms with van der Waals surface area (Å²) in [7, 11) is 1.38. The van der Waals surface area contributed by atoms with E-state index in [2.05, 4.69) is 30.9 Å². The molecule has 1 saturated heterocycles. The molecule has 0 aliphatic carbocycles. The summed E-state index contributed by atoms with van der Waals surface area (Å²) in [6, 6.07) is 13.8. The highest BCUT2D eigenvalue weighted by atomic mass is 32.1. The van der Waals surface area contributed by atoms with Crippen LogP contribution in [0, 0.1) is 17.8 Å². The average molecular weight is 448 g/mol. The Hall–Kier alpha value is -3.10. The van der Waals surface area contributed by atoms with E-state index in [9.17, 15) is 9.59 Å². The van der Waals surface area contributed by atoms with Gasteiger partial charge in [0.15, 0.2) is 0 Å². The SMILES string of the molecule is COC(=O)c1ccc(/C=C\CN2C(=O)CCC2/C=C/CC(C)CC#Cc2ccccc2)s1. The van der Waals surface area contributed by atoms with Crippen LogP contribution in [0.4, 0.5) is 0 Å². The number of carbonyl (C=O) groups excluding carboxylic acids is 2. The molecule has 166 valence electrons. The van der Waals surface area contributed by atoms with Crippen LogP contribution in [0.1, 0.15) is 52.7 Å². The lowest BCUT2D eigenvalue weighted by molar-refractivity contribution is -0.127. The van der Waals surface area contributed by atoms with E-state index in [0.29, 0.717) is 23.8 Å². The molecule has 1 amide bonds. The Bertz CT molecular complexity index is 1030. The summed E-state index contributed by atoms with van der Waals surface area (Å²) in [5, 5.41) is 0. The fourth-order valence-corrected chi connectivity index (χ4v) is 4.39. The fourth-order valence-electron chi connectivity index (χ4n) is 3.53. The molecule has 1 aliphatic heterocycles. The van der Waals surface area contributed by atoms with Gasteiger partial charge in [0, 0.05) is 29.8 Å². The molecule has 2 atom stereocenters. The van der Waals surface area contributed by atoms with Crippen LogP contribution in [0.5, 0.6) is 0 Å². The molecule has 1 aliphatic rings. The highest BCUT2D eigenvalue weighted by Gasteiger charge is 2.27. The second-order valence-electron chi connectivity index (χ2n) is 7.89. The Balaban J connectivity index is 1.47. The maximum absolute atomic E-state index is 12.3. The summed E-state index contributed by atoms with van der Waals surface area (Å²) >= 11 is 1.38. The van der Waals surface area contributed by atoms with E-state index in [1.165, 1.54) is 18.4 Å². The van der Waals surface area contributed by atoms with Crippen LogP contribution in [-0.2, 0) is 9.53 Å². The lowest BCUT2D eigenvalue weighted by atomic mass is 10.0. The monoisotopic (exact) mass is 447 g/mol. The van der Waals surface area contributed by atoms with Gasteiger partial charge in [0.2, 0.25) is 5.91 Å². The van der Waals surface area contributed by atoms with Gasteiger partial charge in [-0.25, -0.2) is 4.79 Å². The number of nitrogens with zero attached hydrogens (tertiary/aromatic N) is 1. The van der Waals surface area contributed by atoms with Crippen molar-refractivity contribution in [2.45, 2.75) is 38.6 Å². The molecule has 32 heavy (non-hydrogen) atoms. The van der Waals surface area contributed by atoms with E-state index in [-0.39, 0.29) is 17.9 Å². The van der Waals surface area contributed by atoms with Gasteiger partial charge in [0.05, 0.1) is 13.2 Å². The Morgan fingerprint density at radius 1 is 1.25 bits per heavy atom. The van der Waals surface area contributed by atoms with Crippen molar-refractivity contribution in [1.82, 2.24) is 4.90 Å². The van der Waals surface area contributed by atoms with Gasteiger partial charge in [0.1, 0.15) is 4.88 Å². The highest BCUT2D eigenvalue weighted by molar-refractivity contribution is 7.14. The number of amides is 1. The van der Waals surface area contributed by atoms with Gasteiger partial charge in [-0.1, -0.05) is 55.2 Å². The molecule has 0 spiro atoms. The van der Waals surface area contributed by atoms with E-state index in [1.54, 1.807) is 6.07 Å². The van der Waals surface area contributed by atoms with Crippen molar-refractivity contribution < 1.29 is 14.3 Å². The van der Waals surface area contributed by atoms with Crippen molar-refractivity contribution >= 4 is 29.3 Å². The minimum atomic E-state index is -0.324. The van der Waals surface area contributed by atoms with Gasteiger partial charge in [0.25, 0.3) is 0 Å². The van der Waals surface area contributed by atoms with E-state index < -0.39 is 0 Å². The van der Waals surface area contributed by atoms with E-state index in [0.717, 1.165) is 29.7 Å². The number of thiophene rings is 1. The van der Waals surface area contributed by atoms with Crippen molar-refractivity contribution in [1.29, 1.82) is 0 Å². The van der Waals surface area contributed by atoms with Gasteiger partial charge < -0.3 is 9.64 Å². The zero-order chi connectivity index (χ0) is 22.8. The van der Waals surface area contributed by atoms with E-state index in [1.807, 2.05) is 53.5 Å². The van der Waals surface area contributed by atoms with Gasteiger partial charge in [-0.2, -0.15) is 0 Å². The third-order valence-corrected chi connectivity index (χ3v) is 6.36. The molecule has 0 saturated carbocycles. The first-order valence-electron chi connectivity index (χ1n) is 10.9. The molecular weight excluding hydrogens is 418 g/mol. The van der Waals surface area contributed by atoms with Crippen molar-refractivity contribution in [3.63, 3.8) is 0 Å². The molecule has 2 aromatic rings. The summed E-state index contributed by atoms with van der Waals surface area (Å²) in [5.74, 6) is 6.81. The van der Waals surface area contributed by atoms with Crippen molar-refractivity contribution in [3.8, 4) is 11.8 Å². The highest BCUT2D eigenvalue weighted by Crippen LogP contribution is 2.22. The number of hydrogen-bond acceptors (Lipinski definition) is 4. The lowest BCUT2D eigenvalue weighted by Crippen LogP contribution is -2.31. The third-order valence-electron chi connectivity index (χ3n) is 5.33. The number of methoxy groups -OCH3 is 1. The molecule has 0 N–H and O–H groups in total. The first-order chi connectivity index (χ1) is 15.6. The molecule has 0 bridgehead atoms. The zero-order valence-corrected chi connectivity index (χ0v) is 19.4. The Kier molecular flexibility index (Phi) is 8.89. The molecule has 2 heterocycles. The maximum atomic E-state index is 12.3. The minimum absolute atomic E-state index is 0.142. The normalized spacial score (nSPS) is 17.0. The average Bonchev–Trinajstić information content (AvgIpc) is 3.41. The molecule has 4 nitrogen and oxygen atoms in total. The van der Waals surface area contributed by atoms with Crippen LogP contribution in [0.15, 0.2) is 60.7 Å². The number of rotatable bonds is 8. The third kappa shape index (κ3) is 6.96. The molecule has 1 fully saturated rings. The summed E-state index contributed by atoms with van der Waals surface area (Å²) < 4.78 is 4.74. The number of allylic oxidation sites excluding steroid dienone is 1. The molecule has 3 rings (SSSR count). The molecular formula is C27H29NO3S. The van der Waals surface area contributed by atoms with Crippen LogP contribution < -0.4 is 0 Å². The Labute approximate surface area is 194 Å². The summed E-state index contributed by atoms with van der Waals surface area (Å²) in [6.07, 6.45) is 11.5. The standard InChI is InChI=1S/C27H29NO3S/c1-21(9-6-13-22-11-4-3-5-12-22)10-7-14-23-16-19-26(29)28(23)20-8-15-24-17-18-25(32-24)27(30)31-2/h3-5,7-8,11-12,14-15,17-18,21,23H,9-10,16,19-20H2,1-2H3/b14-7+,15-8-. The topological polar surface area (TPSA) is 46.6 Å². The second-order valence-corrected chi connectivity index (χ2v) is 9.00. The van der Waals surface area contributed by atoms with Crippen molar-refractivity contribution in [2.24, 2.45) is 5.92 Å². The zero-order valence-electron chi connectivity index (χ0n) is 18.6. The van der Waals surface area contributed by atoms with Crippen LogP contribution >= 0.6 is 11.3 Å². The smallest absolute Gasteiger partial charge is 0.348 e. The summed E-state index contributed by atoms with van der Waals surface area (Å²) in [5.41, 5.74) is 1.05. The number of carbonyl (C=O) groups is 2. The Morgan fingerprint density at radius 2 is 2.06 bits per heavy atom. The predicted octanol–water partition coefficient (Wildman–Crippen LogP) is 5.56. The van der Waals surface area contributed by atoms with Gasteiger partial charge >= 0.3 is 5.97 Å². The van der Waals surface area contributed by atoms with Gasteiger partial charge in [-0.15, -0.1) is 11.3 Å². The maximum Gasteiger partial charge on any atom is 0.348 e. The van der Waals surface area contributed by atoms with Crippen LogP contribution in [0.3, 0.4) is 0 Å². The lowest BCUT2D eigenvalue weighted by Gasteiger charge is -2.20. The summed E-state index contributed by atoms with van der Waals surface area (Å²) in [6.45, 7) is 2.77. The second kappa shape index (κ2) is 12.1. The molecule has 1 aromatic carbocycles. The number of benzene rings is 1. The van der Waals surface area contributed by atoms with E-state index >= 15 is 0 Å². The molecule has 5 heteroatoms. The fraction of sp³-hybridized carbons (Fsp3) is 0.333. The summed E-state index contributed by atoms with van der Waals surface area (Å²) in [4.78, 5) is 27.3. The number of hydrogen-bond donors (Lipinski definition) is 0. The van der Waals surface area contributed by atoms with Gasteiger partial charge in [-0.05, 0) is 49.1 Å². The van der Waals surface area contributed by atoms with Crippen molar-refractivity contribution in [3.05, 3.63) is 76.0 Å². The van der Waals surface area contributed by atoms with Crippen LogP contribution in [0.2, 0.25) is 0 Å². The minimum Gasteiger partial charge on any atom is -0.465 e. The van der Waals surface area contributed by atoms with Crippen molar-refractivity contribution in [2.75, 3.05) is 13.7 Å². The van der Waals surface area contributed by atoms with Crippen LogP contribution in [-0.4, -0.2) is 36.5 Å². The number of esters is 1. The van der Waals surface area contributed by atoms with Gasteiger partial charge in [-0.3, -0.25) is 4.79 Å². The first kappa shape index (κ1) is 23.6. The molecule has 1 aromatic heterocycles. The molecule has 0 radical (unpaired) electrons. The van der Waals surface area contributed by atoms with Crippen LogP contribution in [0.25, 0.3) is 6.08 Å². The number of ether oxygens (including phenoxy) is 1.